The number of hydrogen-bond acceptors (Lipinski definition) is 1. The number of carbonyl (C=O) groups is 1. The van der Waals surface area contributed by atoms with Gasteiger partial charge in [-0.15, -0.1) is 0 Å². The summed E-state index contributed by atoms with van der Waals surface area (Å²) in [4.78, 5) is 14.3. The molecule has 0 radical (unpaired) electrons. The van der Waals surface area contributed by atoms with Crippen LogP contribution >= 0.6 is 0 Å². The molecule has 0 aromatic heterocycles. The van der Waals surface area contributed by atoms with Gasteiger partial charge in [0.1, 0.15) is 0 Å². The molecule has 2 heteroatoms. The molecule has 0 rings (SSSR count). The molecule has 0 saturated heterocycles. The molecule has 0 aliphatic heterocycles. The van der Waals surface area contributed by atoms with Gasteiger partial charge in [0.15, 0.2) is 0 Å². The van der Waals surface area contributed by atoms with Crippen molar-refractivity contribution in [1.82, 2.24) is 0 Å². The third-order valence-corrected chi connectivity index (χ3v) is 14.1. The van der Waals surface area contributed by atoms with Gasteiger partial charge in [-0.2, -0.15) is 0 Å². The molecule has 0 spiro atoms. The molecule has 336 valence electrons. The minimum atomic E-state index is -0.556. The zero-order valence-electron chi connectivity index (χ0n) is 39.9. The number of rotatable bonds is 48. The smallest absolute Gasteiger partial charge is 0.310 e. The Morgan fingerprint density at radius 2 is 0.429 bits per heavy atom. The van der Waals surface area contributed by atoms with Crippen LogP contribution in [0.3, 0.4) is 0 Å². The summed E-state index contributed by atoms with van der Waals surface area (Å²) in [6.07, 6.45) is 59.6. The molecule has 0 aliphatic rings. The van der Waals surface area contributed by atoms with Crippen LogP contribution in [0.2, 0.25) is 0 Å². The van der Waals surface area contributed by atoms with Gasteiger partial charge < -0.3 is 5.11 Å². The SMILES string of the molecule is CCCCCCCCCCCC(CCCCCCCCCC)(CCCCCCCCCC)C(CCCCCCCCCC)(CCCCCCCCCC)C(=O)O. The Kier molecular flexibility index (Phi) is 42.2. The van der Waals surface area contributed by atoms with Crippen molar-refractivity contribution in [3.63, 3.8) is 0 Å². The zero-order chi connectivity index (χ0) is 41.1. The lowest BCUT2D eigenvalue weighted by Crippen LogP contribution is -2.48. The van der Waals surface area contributed by atoms with Gasteiger partial charge in [-0.3, -0.25) is 4.79 Å². The van der Waals surface area contributed by atoms with Crippen LogP contribution < -0.4 is 0 Å². The summed E-state index contributed by atoms with van der Waals surface area (Å²) < 4.78 is 0. The lowest BCUT2D eigenvalue weighted by molar-refractivity contribution is -0.164. The van der Waals surface area contributed by atoms with E-state index < -0.39 is 11.4 Å². The highest BCUT2D eigenvalue weighted by Crippen LogP contribution is 2.57. The number of unbranched alkanes of at least 4 members (excludes halogenated alkanes) is 36. The van der Waals surface area contributed by atoms with Crippen LogP contribution in [-0.4, -0.2) is 11.1 Å². The molecule has 56 heavy (non-hydrogen) atoms. The van der Waals surface area contributed by atoms with Crippen LogP contribution in [0.25, 0.3) is 0 Å². The van der Waals surface area contributed by atoms with E-state index in [4.69, 9.17) is 0 Å². The van der Waals surface area contributed by atoms with Crippen LogP contribution in [0.15, 0.2) is 0 Å². The molecular weight excluding hydrogens is 681 g/mol. The Morgan fingerprint density at radius 3 is 0.607 bits per heavy atom. The first-order valence-corrected chi connectivity index (χ1v) is 26.7. The van der Waals surface area contributed by atoms with Gasteiger partial charge in [-0.05, 0) is 37.5 Å². The maximum absolute atomic E-state index is 14.3. The quantitative estimate of drug-likeness (QED) is 0.0624. The molecule has 2 nitrogen and oxygen atoms in total. The minimum Gasteiger partial charge on any atom is -0.481 e. The molecule has 0 unspecified atom stereocenters. The van der Waals surface area contributed by atoms with E-state index in [-0.39, 0.29) is 5.41 Å². The number of aliphatic carboxylic acids is 1. The number of carboxylic acids is 1. The molecule has 0 fully saturated rings. The molecule has 0 atom stereocenters. The van der Waals surface area contributed by atoms with Gasteiger partial charge in [0.05, 0.1) is 5.41 Å². The Labute approximate surface area is 355 Å². The van der Waals surface area contributed by atoms with E-state index in [1.807, 2.05) is 0 Å². The fourth-order valence-corrected chi connectivity index (χ4v) is 10.3. The number of hydrogen-bond donors (Lipinski definition) is 1. The zero-order valence-corrected chi connectivity index (χ0v) is 39.9. The minimum absolute atomic E-state index is 0.0490. The van der Waals surface area contributed by atoms with Gasteiger partial charge in [-0.25, -0.2) is 0 Å². The fraction of sp³-hybridized carbons (Fsp3) is 0.981. The summed E-state index contributed by atoms with van der Waals surface area (Å²) in [5.74, 6) is -0.404. The van der Waals surface area contributed by atoms with Crippen LogP contribution in [0.1, 0.15) is 330 Å². The van der Waals surface area contributed by atoms with Crippen molar-refractivity contribution in [2.24, 2.45) is 10.8 Å². The van der Waals surface area contributed by atoms with Crippen molar-refractivity contribution >= 4 is 5.97 Å². The maximum atomic E-state index is 14.3. The van der Waals surface area contributed by atoms with Gasteiger partial charge in [0, 0.05) is 0 Å². The molecule has 0 aromatic carbocycles. The lowest BCUT2D eigenvalue weighted by Gasteiger charge is -2.50. The summed E-state index contributed by atoms with van der Waals surface area (Å²) in [6.45, 7) is 11.6. The summed E-state index contributed by atoms with van der Waals surface area (Å²) in [5.41, 5.74) is -0.605. The van der Waals surface area contributed by atoms with Crippen molar-refractivity contribution < 1.29 is 9.90 Å². The normalized spacial score (nSPS) is 12.2. The third kappa shape index (κ3) is 29.6. The van der Waals surface area contributed by atoms with E-state index in [0.29, 0.717) is 0 Å². The first-order chi connectivity index (χ1) is 27.5. The Hall–Kier alpha value is -0.530. The second kappa shape index (κ2) is 42.6. The second-order valence-electron chi connectivity index (χ2n) is 19.1. The third-order valence-electron chi connectivity index (χ3n) is 14.1. The molecule has 0 amide bonds. The van der Waals surface area contributed by atoms with Crippen LogP contribution in [-0.2, 0) is 4.79 Å². The fourth-order valence-electron chi connectivity index (χ4n) is 10.3. The Balaban J connectivity index is 6.27. The monoisotopic (exact) mass is 789 g/mol. The largest absolute Gasteiger partial charge is 0.481 e. The average molecular weight is 789 g/mol. The topological polar surface area (TPSA) is 37.3 Å². The summed E-state index contributed by atoms with van der Waals surface area (Å²) in [7, 11) is 0. The summed E-state index contributed by atoms with van der Waals surface area (Å²) in [5, 5.41) is 11.7. The van der Waals surface area contributed by atoms with E-state index in [1.165, 1.54) is 250 Å². The van der Waals surface area contributed by atoms with E-state index in [0.717, 1.165) is 44.9 Å². The van der Waals surface area contributed by atoms with Crippen molar-refractivity contribution in [3.05, 3.63) is 0 Å². The number of carboxylic acid groups (broad SMARTS) is 1. The summed E-state index contributed by atoms with van der Waals surface area (Å²) in [6, 6.07) is 0. The van der Waals surface area contributed by atoms with Crippen molar-refractivity contribution in [2.45, 2.75) is 330 Å². The Bertz CT molecular complexity index is 732. The van der Waals surface area contributed by atoms with Gasteiger partial charge in [-0.1, -0.05) is 298 Å². The molecule has 0 bridgehead atoms. The van der Waals surface area contributed by atoms with Crippen LogP contribution in [0.4, 0.5) is 0 Å². The van der Waals surface area contributed by atoms with Gasteiger partial charge in [0.2, 0.25) is 0 Å². The van der Waals surface area contributed by atoms with Gasteiger partial charge in [0.25, 0.3) is 0 Å². The highest BCUT2D eigenvalue weighted by Gasteiger charge is 2.54. The molecule has 0 aliphatic carbocycles. The highest BCUT2D eigenvalue weighted by molar-refractivity contribution is 5.76. The van der Waals surface area contributed by atoms with Gasteiger partial charge >= 0.3 is 5.97 Å². The van der Waals surface area contributed by atoms with Crippen molar-refractivity contribution in [2.75, 3.05) is 0 Å². The van der Waals surface area contributed by atoms with E-state index in [2.05, 4.69) is 34.6 Å². The second-order valence-corrected chi connectivity index (χ2v) is 19.1. The highest BCUT2D eigenvalue weighted by atomic mass is 16.4. The molecule has 0 heterocycles. The first-order valence-electron chi connectivity index (χ1n) is 26.7. The molecule has 0 aromatic rings. The predicted molar refractivity (Wildman–Crippen MR) is 253 cm³/mol. The van der Waals surface area contributed by atoms with Crippen LogP contribution in [0.5, 0.6) is 0 Å². The van der Waals surface area contributed by atoms with E-state index in [1.54, 1.807) is 0 Å². The predicted octanol–water partition coefficient (Wildman–Crippen LogP) is 20.1. The summed E-state index contributed by atoms with van der Waals surface area (Å²) >= 11 is 0. The Morgan fingerprint density at radius 1 is 0.268 bits per heavy atom. The van der Waals surface area contributed by atoms with E-state index >= 15 is 0 Å². The molecular formula is C54H108O2. The molecule has 1 N–H and O–H groups in total. The molecule has 0 saturated carbocycles. The van der Waals surface area contributed by atoms with E-state index in [9.17, 15) is 9.90 Å². The van der Waals surface area contributed by atoms with Crippen molar-refractivity contribution in [1.29, 1.82) is 0 Å². The lowest BCUT2D eigenvalue weighted by atomic mass is 9.53. The van der Waals surface area contributed by atoms with Crippen molar-refractivity contribution in [3.8, 4) is 0 Å². The first kappa shape index (κ1) is 55.5. The average Bonchev–Trinajstić information content (AvgIpc) is 3.20. The standard InChI is InChI=1S/C54H108O2/c1-6-11-16-21-26-31-34-39-44-49-53(47-42-37-32-27-22-17-12-7-2,48-43-38-33-28-23-18-13-8-3)54(52(55)56,50-45-40-35-29-24-19-14-9-4)51-46-41-36-30-25-20-15-10-5/h6-51H2,1-5H3,(H,55,56). The maximum Gasteiger partial charge on any atom is 0.310 e. The van der Waals surface area contributed by atoms with Crippen LogP contribution in [0, 0.1) is 10.8 Å².